The van der Waals surface area contributed by atoms with Crippen molar-refractivity contribution in [2.75, 3.05) is 13.9 Å². The van der Waals surface area contributed by atoms with Gasteiger partial charge in [0.1, 0.15) is 12.4 Å². The fraction of sp³-hybridized carbons (Fsp3) is 0.250. The zero-order valence-corrected chi connectivity index (χ0v) is 16.2. The largest absolute Gasteiger partial charge is 0.493 e. The Kier molecular flexibility index (Phi) is 6.98. The zero-order valence-electron chi connectivity index (χ0n) is 16.2. The number of carbonyl (C=O) groups excluding carboxylic acids is 1. The highest BCUT2D eigenvalue weighted by atomic mass is 19.3. The molecule has 0 aliphatic carbocycles. The number of hydrogen-bond donors (Lipinski definition) is 0. The first-order chi connectivity index (χ1) is 14.9. The highest BCUT2D eigenvalue weighted by Gasteiger charge is 2.21. The van der Waals surface area contributed by atoms with Crippen LogP contribution in [0.25, 0.3) is 6.08 Å². The summed E-state index contributed by atoms with van der Waals surface area (Å²) in [6.45, 7) is -3.12. The number of ether oxygens (including phenoxy) is 5. The van der Waals surface area contributed by atoms with Crippen molar-refractivity contribution in [3.63, 3.8) is 0 Å². The van der Waals surface area contributed by atoms with Crippen LogP contribution in [0.4, 0.5) is 14.5 Å². The summed E-state index contributed by atoms with van der Waals surface area (Å²) < 4.78 is 49.8. The molecule has 1 aliphatic rings. The van der Waals surface area contributed by atoms with Crippen LogP contribution >= 0.6 is 0 Å². The van der Waals surface area contributed by atoms with Crippen LogP contribution in [0.15, 0.2) is 36.4 Å². The highest BCUT2D eigenvalue weighted by Crippen LogP contribution is 2.33. The number of rotatable bonds is 8. The molecule has 11 heteroatoms. The van der Waals surface area contributed by atoms with Crippen molar-refractivity contribution >= 4 is 17.7 Å². The number of nitrogens with zero attached hydrogens (tertiary/aromatic N) is 1. The Bertz CT molecular complexity index is 1010. The minimum absolute atomic E-state index is 0.0151. The van der Waals surface area contributed by atoms with Crippen molar-refractivity contribution in [3.8, 4) is 17.2 Å². The van der Waals surface area contributed by atoms with Gasteiger partial charge in [-0.05, 0) is 23.8 Å². The molecule has 0 saturated carbocycles. The molecular formula is C20H17F2NO8. The summed E-state index contributed by atoms with van der Waals surface area (Å²) in [4.78, 5) is 22.6. The number of alkyl halides is 2. The molecule has 0 radical (unpaired) electrons. The lowest BCUT2D eigenvalue weighted by Crippen LogP contribution is -2.14. The molecule has 0 unspecified atom stereocenters. The molecule has 0 spiro atoms. The van der Waals surface area contributed by atoms with Gasteiger partial charge in [-0.15, -0.1) is 0 Å². The Morgan fingerprint density at radius 2 is 2.10 bits per heavy atom. The number of fused-ring (bicyclic) bond motifs is 1. The van der Waals surface area contributed by atoms with Gasteiger partial charge in [-0.2, -0.15) is 8.78 Å². The second-order valence-corrected chi connectivity index (χ2v) is 6.19. The van der Waals surface area contributed by atoms with E-state index in [0.29, 0.717) is 22.4 Å². The lowest BCUT2D eigenvalue weighted by atomic mass is 10.1. The Morgan fingerprint density at radius 1 is 1.29 bits per heavy atom. The van der Waals surface area contributed by atoms with Gasteiger partial charge in [0.15, 0.2) is 18.3 Å². The third-order valence-corrected chi connectivity index (χ3v) is 4.17. The summed E-state index contributed by atoms with van der Waals surface area (Å²) in [7, 11) is 1.29. The van der Waals surface area contributed by atoms with Crippen LogP contribution < -0.4 is 14.2 Å². The van der Waals surface area contributed by atoms with Crippen LogP contribution in [0.3, 0.4) is 0 Å². The molecule has 0 amide bonds. The van der Waals surface area contributed by atoms with E-state index in [4.69, 9.17) is 18.9 Å². The van der Waals surface area contributed by atoms with Crippen molar-refractivity contribution in [1.82, 2.24) is 0 Å². The molecule has 0 bridgehead atoms. The van der Waals surface area contributed by atoms with Gasteiger partial charge < -0.3 is 23.7 Å². The minimum atomic E-state index is -3.00. The molecule has 1 heterocycles. The first-order valence-electron chi connectivity index (χ1n) is 8.85. The zero-order chi connectivity index (χ0) is 22.4. The highest BCUT2D eigenvalue weighted by molar-refractivity contribution is 5.87. The summed E-state index contributed by atoms with van der Waals surface area (Å²) in [6.07, 6.45) is 2.51. The van der Waals surface area contributed by atoms with Gasteiger partial charge in [0.05, 0.1) is 18.6 Å². The Hall–Kier alpha value is -3.73. The molecule has 1 aliphatic heterocycles. The van der Waals surface area contributed by atoms with Crippen LogP contribution in [-0.4, -0.2) is 31.4 Å². The first kappa shape index (κ1) is 22.0. The molecule has 164 valence electrons. The predicted octanol–water partition coefficient (Wildman–Crippen LogP) is 3.83. The standard InChI is InChI=1S/C20H17F2NO8/c1-27-17-6-12(2-4-16(17)31-20(21)22)3-5-18(24)29-10-14-8-15(23(25)26)7-13-9-28-11-30-19(13)14/h2-8,20H,9-11H2,1H3. The topological polar surface area (TPSA) is 106 Å². The molecule has 31 heavy (non-hydrogen) atoms. The van der Waals surface area contributed by atoms with E-state index in [9.17, 15) is 23.7 Å². The van der Waals surface area contributed by atoms with E-state index in [1.807, 2.05) is 0 Å². The summed E-state index contributed by atoms with van der Waals surface area (Å²) in [5, 5.41) is 11.1. The number of hydrogen-bond acceptors (Lipinski definition) is 8. The van der Waals surface area contributed by atoms with Gasteiger partial charge in [0, 0.05) is 29.3 Å². The minimum Gasteiger partial charge on any atom is -0.493 e. The van der Waals surface area contributed by atoms with Crippen molar-refractivity contribution in [1.29, 1.82) is 0 Å². The van der Waals surface area contributed by atoms with Crippen molar-refractivity contribution < 1.29 is 42.2 Å². The van der Waals surface area contributed by atoms with Gasteiger partial charge in [-0.25, -0.2) is 4.79 Å². The summed E-state index contributed by atoms with van der Waals surface area (Å²) >= 11 is 0. The number of nitro groups is 1. The van der Waals surface area contributed by atoms with Crippen LogP contribution in [-0.2, 0) is 27.5 Å². The van der Waals surface area contributed by atoms with Crippen molar-refractivity contribution in [2.45, 2.75) is 19.8 Å². The maximum Gasteiger partial charge on any atom is 0.387 e. The fourth-order valence-electron chi connectivity index (χ4n) is 2.84. The van der Waals surface area contributed by atoms with Gasteiger partial charge in [0.2, 0.25) is 0 Å². The first-order valence-corrected chi connectivity index (χ1v) is 8.85. The molecule has 0 fully saturated rings. The van der Waals surface area contributed by atoms with Gasteiger partial charge >= 0.3 is 12.6 Å². The molecular weight excluding hydrogens is 420 g/mol. The average molecular weight is 437 g/mol. The van der Waals surface area contributed by atoms with Crippen molar-refractivity contribution in [2.24, 2.45) is 0 Å². The molecule has 0 aromatic heterocycles. The van der Waals surface area contributed by atoms with E-state index >= 15 is 0 Å². The number of non-ortho nitro benzene ring substituents is 1. The van der Waals surface area contributed by atoms with Crippen LogP contribution in [0.5, 0.6) is 17.2 Å². The van der Waals surface area contributed by atoms with Crippen LogP contribution in [0, 0.1) is 10.1 Å². The number of methoxy groups -OCH3 is 1. The molecule has 0 N–H and O–H groups in total. The molecule has 9 nitrogen and oxygen atoms in total. The van der Waals surface area contributed by atoms with Crippen LogP contribution in [0.1, 0.15) is 16.7 Å². The normalized spacial score (nSPS) is 12.9. The van der Waals surface area contributed by atoms with Crippen molar-refractivity contribution in [3.05, 3.63) is 63.2 Å². The van der Waals surface area contributed by atoms with Crippen LogP contribution in [0.2, 0.25) is 0 Å². The van der Waals surface area contributed by atoms with E-state index < -0.39 is 17.5 Å². The van der Waals surface area contributed by atoms with Gasteiger partial charge in [0.25, 0.3) is 5.69 Å². The smallest absolute Gasteiger partial charge is 0.387 e. The number of halogens is 2. The van der Waals surface area contributed by atoms with Gasteiger partial charge in [-0.3, -0.25) is 10.1 Å². The maximum atomic E-state index is 12.4. The molecule has 0 saturated heterocycles. The van der Waals surface area contributed by atoms with Gasteiger partial charge in [-0.1, -0.05) is 6.07 Å². The molecule has 0 atom stereocenters. The maximum absolute atomic E-state index is 12.4. The Labute approximate surface area is 174 Å². The van der Waals surface area contributed by atoms with E-state index in [0.717, 1.165) is 6.08 Å². The second kappa shape index (κ2) is 9.85. The average Bonchev–Trinajstić information content (AvgIpc) is 2.76. The lowest BCUT2D eigenvalue weighted by molar-refractivity contribution is -0.385. The molecule has 2 aromatic rings. The predicted molar refractivity (Wildman–Crippen MR) is 102 cm³/mol. The Balaban J connectivity index is 1.68. The number of carbonyl (C=O) groups is 1. The number of benzene rings is 2. The molecule has 2 aromatic carbocycles. The second-order valence-electron chi connectivity index (χ2n) is 6.19. The fourth-order valence-corrected chi connectivity index (χ4v) is 2.84. The number of esters is 1. The van der Waals surface area contributed by atoms with E-state index in [2.05, 4.69) is 4.74 Å². The van der Waals surface area contributed by atoms with E-state index in [1.54, 1.807) is 0 Å². The summed E-state index contributed by atoms with van der Waals surface area (Å²) in [5.74, 6) is -0.415. The quantitative estimate of drug-likeness (QED) is 0.266. The SMILES string of the molecule is COc1cc(C=CC(=O)OCc2cc([N+](=O)[O-])cc3c2OCOC3)ccc1OC(F)F. The molecule has 3 rings (SSSR count). The summed E-state index contributed by atoms with van der Waals surface area (Å²) in [5.41, 5.74) is 1.13. The monoisotopic (exact) mass is 437 g/mol. The summed E-state index contributed by atoms with van der Waals surface area (Å²) in [6, 6.07) is 6.76. The third kappa shape index (κ3) is 5.66. The third-order valence-electron chi connectivity index (χ3n) is 4.17. The number of nitro benzene ring substituents is 1. The Morgan fingerprint density at radius 3 is 2.81 bits per heavy atom. The van der Waals surface area contributed by atoms with E-state index in [-0.39, 0.29) is 37.2 Å². The van der Waals surface area contributed by atoms with E-state index in [1.165, 1.54) is 43.5 Å². The lowest BCUT2D eigenvalue weighted by Gasteiger charge is -2.20.